The predicted octanol–water partition coefficient (Wildman–Crippen LogP) is 3.52. The number of benzene rings is 2. The molecule has 0 spiro atoms. The zero-order valence-corrected chi connectivity index (χ0v) is 16.9. The molecule has 7 nitrogen and oxygen atoms in total. The molecular weight excluding hydrogens is 390 g/mol. The van der Waals surface area contributed by atoms with Gasteiger partial charge in [-0.3, -0.25) is 14.5 Å². The Balaban J connectivity index is 1.59. The molecule has 0 saturated carbocycles. The van der Waals surface area contributed by atoms with Crippen molar-refractivity contribution in [1.82, 2.24) is 4.98 Å². The van der Waals surface area contributed by atoms with Crippen molar-refractivity contribution in [1.29, 1.82) is 0 Å². The molecule has 0 unspecified atom stereocenters. The second kappa shape index (κ2) is 8.74. The molecule has 0 radical (unpaired) electrons. The van der Waals surface area contributed by atoms with Crippen LogP contribution in [-0.2, 0) is 14.8 Å². The number of ether oxygens (including phenoxy) is 1. The first-order chi connectivity index (χ1) is 13.8. The Bertz CT molecular complexity index is 1080. The minimum atomic E-state index is -3.74. The number of hydrogen-bond acceptors (Lipinski definition) is 5. The van der Waals surface area contributed by atoms with Gasteiger partial charge in [-0.1, -0.05) is 6.07 Å². The van der Waals surface area contributed by atoms with Crippen LogP contribution >= 0.6 is 0 Å². The molecular formula is C21H21N3O4S. The van der Waals surface area contributed by atoms with Gasteiger partial charge < -0.3 is 10.1 Å². The first kappa shape index (κ1) is 20.3. The fourth-order valence-electron chi connectivity index (χ4n) is 2.72. The Morgan fingerprint density at radius 1 is 1.00 bits per heavy atom. The van der Waals surface area contributed by atoms with Gasteiger partial charge in [-0.15, -0.1) is 0 Å². The summed E-state index contributed by atoms with van der Waals surface area (Å²) < 4.78 is 32.8. The number of nitrogens with one attached hydrogen (secondary N) is 2. The maximum absolute atomic E-state index is 12.4. The highest BCUT2D eigenvalue weighted by Crippen LogP contribution is 2.18. The number of carbonyl (C=O) groups excluding carboxylic acids is 1. The van der Waals surface area contributed by atoms with Crippen molar-refractivity contribution in [2.24, 2.45) is 0 Å². The van der Waals surface area contributed by atoms with Gasteiger partial charge in [-0.2, -0.15) is 0 Å². The molecule has 2 N–H and O–H groups in total. The van der Waals surface area contributed by atoms with E-state index in [1.165, 1.54) is 30.5 Å². The van der Waals surface area contributed by atoms with Gasteiger partial charge in [0.25, 0.3) is 15.9 Å². The summed E-state index contributed by atoms with van der Waals surface area (Å²) in [6.45, 7) is 3.77. The maximum Gasteiger partial charge on any atom is 0.262 e. The number of sulfonamides is 1. The van der Waals surface area contributed by atoms with Crippen LogP contribution in [0.25, 0.3) is 0 Å². The van der Waals surface area contributed by atoms with Crippen molar-refractivity contribution in [3.8, 4) is 5.75 Å². The van der Waals surface area contributed by atoms with Crippen LogP contribution in [0.3, 0.4) is 0 Å². The average molecular weight is 411 g/mol. The van der Waals surface area contributed by atoms with Crippen molar-refractivity contribution < 1.29 is 17.9 Å². The number of carbonyl (C=O) groups is 1. The van der Waals surface area contributed by atoms with E-state index in [4.69, 9.17) is 4.74 Å². The number of anilines is 2. The van der Waals surface area contributed by atoms with Crippen LogP contribution in [0.4, 0.5) is 11.4 Å². The SMILES string of the molecule is Cc1cc(C)cc(OCC(=O)Nc2ccc(S(=O)(=O)Nc3cccnc3)cc2)c1. The third kappa shape index (κ3) is 5.79. The van der Waals surface area contributed by atoms with Crippen molar-refractivity contribution in [3.05, 3.63) is 78.1 Å². The number of nitrogens with zero attached hydrogens (tertiary/aromatic N) is 1. The number of hydrogen-bond donors (Lipinski definition) is 2. The zero-order chi connectivity index (χ0) is 20.9. The van der Waals surface area contributed by atoms with Crippen LogP contribution < -0.4 is 14.8 Å². The number of rotatable bonds is 7. The second-order valence-corrected chi connectivity index (χ2v) is 8.21. The van der Waals surface area contributed by atoms with Gasteiger partial charge in [-0.25, -0.2) is 8.42 Å². The lowest BCUT2D eigenvalue weighted by Crippen LogP contribution is -2.20. The zero-order valence-electron chi connectivity index (χ0n) is 16.0. The smallest absolute Gasteiger partial charge is 0.262 e. The van der Waals surface area contributed by atoms with Crippen molar-refractivity contribution >= 4 is 27.3 Å². The van der Waals surface area contributed by atoms with Gasteiger partial charge in [0.1, 0.15) is 5.75 Å². The Kier molecular flexibility index (Phi) is 6.13. The van der Waals surface area contributed by atoms with E-state index in [1.54, 1.807) is 18.3 Å². The topological polar surface area (TPSA) is 97.4 Å². The standard InChI is InChI=1S/C21H21N3O4S/c1-15-10-16(2)12-19(11-15)28-14-21(25)23-17-5-7-20(8-6-17)29(26,27)24-18-4-3-9-22-13-18/h3-13,24H,14H2,1-2H3,(H,23,25). The Labute approximate surface area is 169 Å². The van der Waals surface area contributed by atoms with E-state index in [9.17, 15) is 13.2 Å². The van der Waals surface area contributed by atoms with Gasteiger partial charge in [0.2, 0.25) is 0 Å². The fourth-order valence-corrected chi connectivity index (χ4v) is 3.76. The molecule has 1 aromatic heterocycles. The van der Waals surface area contributed by atoms with Crippen LogP contribution in [0.2, 0.25) is 0 Å². The summed E-state index contributed by atoms with van der Waals surface area (Å²) in [5.74, 6) is 0.286. The normalized spacial score (nSPS) is 11.0. The number of amides is 1. The molecule has 0 aliphatic heterocycles. The minimum absolute atomic E-state index is 0.0749. The molecule has 2 aromatic carbocycles. The summed E-state index contributed by atoms with van der Waals surface area (Å²) in [5.41, 5.74) is 2.95. The van der Waals surface area contributed by atoms with E-state index >= 15 is 0 Å². The first-order valence-electron chi connectivity index (χ1n) is 8.86. The van der Waals surface area contributed by atoms with Crippen LogP contribution in [0, 0.1) is 13.8 Å². The molecule has 0 aliphatic rings. The van der Waals surface area contributed by atoms with E-state index in [-0.39, 0.29) is 17.4 Å². The third-order valence-electron chi connectivity index (χ3n) is 3.93. The lowest BCUT2D eigenvalue weighted by molar-refractivity contribution is -0.118. The minimum Gasteiger partial charge on any atom is -0.484 e. The highest BCUT2D eigenvalue weighted by Gasteiger charge is 2.14. The monoisotopic (exact) mass is 411 g/mol. The molecule has 0 saturated heterocycles. The summed E-state index contributed by atoms with van der Waals surface area (Å²) in [6, 6.07) is 14.8. The lowest BCUT2D eigenvalue weighted by atomic mass is 10.1. The van der Waals surface area contributed by atoms with Crippen molar-refractivity contribution in [3.63, 3.8) is 0 Å². The van der Waals surface area contributed by atoms with E-state index in [2.05, 4.69) is 15.0 Å². The molecule has 29 heavy (non-hydrogen) atoms. The Hall–Kier alpha value is -3.39. The molecule has 8 heteroatoms. The summed E-state index contributed by atoms with van der Waals surface area (Å²) in [7, 11) is -3.74. The average Bonchev–Trinajstić information content (AvgIpc) is 2.66. The maximum atomic E-state index is 12.4. The highest BCUT2D eigenvalue weighted by atomic mass is 32.2. The summed E-state index contributed by atoms with van der Waals surface area (Å²) >= 11 is 0. The summed E-state index contributed by atoms with van der Waals surface area (Å²) in [6.07, 6.45) is 2.97. The van der Waals surface area contributed by atoms with Gasteiger partial charge in [0.15, 0.2) is 6.61 Å². The first-order valence-corrected chi connectivity index (χ1v) is 10.3. The Morgan fingerprint density at radius 2 is 1.69 bits per heavy atom. The molecule has 3 rings (SSSR count). The molecule has 1 amide bonds. The van der Waals surface area contributed by atoms with Gasteiger partial charge >= 0.3 is 0 Å². The number of aromatic nitrogens is 1. The van der Waals surface area contributed by atoms with Crippen molar-refractivity contribution in [2.75, 3.05) is 16.6 Å². The van der Waals surface area contributed by atoms with Gasteiger partial charge in [0, 0.05) is 11.9 Å². The lowest BCUT2D eigenvalue weighted by Gasteiger charge is -2.10. The molecule has 0 bridgehead atoms. The van der Waals surface area contributed by atoms with E-state index in [0.717, 1.165) is 11.1 Å². The van der Waals surface area contributed by atoms with E-state index in [1.807, 2.05) is 32.0 Å². The quantitative estimate of drug-likeness (QED) is 0.620. The largest absolute Gasteiger partial charge is 0.484 e. The summed E-state index contributed by atoms with van der Waals surface area (Å²) in [4.78, 5) is 16.1. The van der Waals surface area contributed by atoms with E-state index < -0.39 is 10.0 Å². The van der Waals surface area contributed by atoms with Gasteiger partial charge in [-0.05, 0) is 73.5 Å². The third-order valence-corrected chi connectivity index (χ3v) is 5.32. The fraction of sp³-hybridized carbons (Fsp3) is 0.143. The molecule has 0 aliphatic carbocycles. The van der Waals surface area contributed by atoms with Crippen LogP contribution in [0.5, 0.6) is 5.75 Å². The molecule has 0 atom stereocenters. The van der Waals surface area contributed by atoms with E-state index in [0.29, 0.717) is 17.1 Å². The molecule has 150 valence electrons. The Morgan fingerprint density at radius 3 is 2.31 bits per heavy atom. The molecule has 0 fully saturated rings. The number of aryl methyl sites for hydroxylation is 2. The summed E-state index contributed by atoms with van der Waals surface area (Å²) in [5, 5.41) is 2.68. The second-order valence-electron chi connectivity index (χ2n) is 6.53. The van der Waals surface area contributed by atoms with Crippen molar-refractivity contribution in [2.45, 2.75) is 18.7 Å². The van der Waals surface area contributed by atoms with Gasteiger partial charge in [0.05, 0.1) is 16.8 Å². The van der Waals surface area contributed by atoms with Crippen LogP contribution in [-0.4, -0.2) is 25.9 Å². The number of pyridine rings is 1. The van der Waals surface area contributed by atoms with Crippen LogP contribution in [0.15, 0.2) is 71.9 Å². The van der Waals surface area contributed by atoms with Crippen LogP contribution in [0.1, 0.15) is 11.1 Å². The molecule has 1 heterocycles. The predicted molar refractivity (Wildman–Crippen MR) is 112 cm³/mol. The molecule has 3 aromatic rings. The highest BCUT2D eigenvalue weighted by molar-refractivity contribution is 7.92.